The van der Waals surface area contributed by atoms with Crippen LogP contribution in [0.4, 0.5) is 5.00 Å². The number of thiophene rings is 1. The van der Waals surface area contributed by atoms with Crippen LogP contribution in [0.2, 0.25) is 0 Å². The number of carbonyl (C=O) groups is 3. The van der Waals surface area contributed by atoms with Crippen molar-refractivity contribution >= 4 is 44.1 Å². The van der Waals surface area contributed by atoms with Crippen LogP contribution in [0.25, 0.3) is 0 Å². The van der Waals surface area contributed by atoms with Gasteiger partial charge in [-0.25, -0.2) is 8.42 Å². The van der Waals surface area contributed by atoms with Crippen molar-refractivity contribution in [3.8, 4) is 0 Å². The summed E-state index contributed by atoms with van der Waals surface area (Å²) in [5, 5.41) is 3.54. The molecule has 2 fully saturated rings. The Hall–Kier alpha value is -2.80. The standard InChI is InChI=1S/C28H36N4O6S2/c1-3-30-15-12-22-23(18-30)39-26(24(22)27(34)31-13-4-5-14-31)29-25(33)19-6-8-21(9-7-19)40(36,37)32-16-10-20(11-17-32)28(35)38-2/h6-9,20H,3-5,10-18H2,1-2H3,(H,29,33). The lowest BCUT2D eigenvalue weighted by Crippen LogP contribution is -2.40. The Morgan fingerprint density at radius 2 is 1.70 bits per heavy atom. The first kappa shape index (κ1) is 28.7. The molecule has 0 bridgehead atoms. The van der Waals surface area contributed by atoms with Gasteiger partial charge in [0, 0.05) is 49.7 Å². The number of ether oxygens (including phenoxy) is 1. The highest BCUT2D eigenvalue weighted by atomic mass is 32.2. The second kappa shape index (κ2) is 12.0. The summed E-state index contributed by atoms with van der Waals surface area (Å²) < 4.78 is 32.5. The number of anilines is 1. The maximum atomic E-state index is 13.5. The van der Waals surface area contributed by atoms with Crippen LogP contribution in [-0.2, 0) is 32.5 Å². The van der Waals surface area contributed by atoms with E-state index < -0.39 is 10.0 Å². The van der Waals surface area contributed by atoms with Gasteiger partial charge in [-0.05, 0) is 68.5 Å². The van der Waals surface area contributed by atoms with Crippen LogP contribution >= 0.6 is 11.3 Å². The van der Waals surface area contributed by atoms with Gasteiger partial charge in [-0.3, -0.25) is 19.3 Å². The third-order valence-corrected chi connectivity index (χ3v) is 11.2. The predicted octanol–water partition coefficient (Wildman–Crippen LogP) is 3.19. The van der Waals surface area contributed by atoms with Crippen molar-refractivity contribution in [2.75, 3.05) is 51.7 Å². The molecule has 0 saturated carbocycles. The minimum atomic E-state index is -3.76. The third kappa shape index (κ3) is 5.67. The fourth-order valence-corrected chi connectivity index (χ4v) is 8.47. The number of nitrogens with zero attached hydrogens (tertiary/aromatic N) is 3. The van der Waals surface area contributed by atoms with Gasteiger partial charge in [-0.1, -0.05) is 6.92 Å². The van der Waals surface area contributed by atoms with E-state index in [2.05, 4.69) is 17.1 Å². The lowest BCUT2D eigenvalue weighted by molar-refractivity contribution is -0.146. The Labute approximate surface area is 239 Å². The number of hydrogen-bond donors (Lipinski definition) is 1. The van der Waals surface area contributed by atoms with Crippen molar-refractivity contribution in [1.29, 1.82) is 0 Å². The Kier molecular flexibility index (Phi) is 8.60. The van der Waals surface area contributed by atoms with Crippen molar-refractivity contribution in [2.24, 2.45) is 5.92 Å². The highest BCUT2D eigenvalue weighted by Gasteiger charge is 2.34. The molecule has 2 saturated heterocycles. The topological polar surface area (TPSA) is 116 Å². The van der Waals surface area contributed by atoms with E-state index in [4.69, 9.17) is 4.74 Å². The molecular weight excluding hydrogens is 552 g/mol. The molecule has 3 aliphatic rings. The van der Waals surface area contributed by atoms with Crippen LogP contribution in [0.15, 0.2) is 29.2 Å². The van der Waals surface area contributed by atoms with Gasteiger partial charge in [-0.15, -0.1) is 11.3 Å². The number of sulfonamides is 1. The summed E-state index contributed by atoms with van der Waals surface area (Å²) in [6, 6.07) is 5.87. The number of likely N-dealkylation sites (N-methyl/N-ethyl adjacent to an activating group) is 1. The third-order valence-electron chi connectivity index (χ3n) is 8.16. The van der Waals surface area contributed by atoms with Gasteiger partial charge in [-0.2, -0.15) is 4.31 Å². The lowest BCUT2D eigenvalue weighted by atomic mass is 9.99. The zero-order valence-electron chi connectivity index (χ0n) is 23.0. The number of methoxy groups -OCH3 is 1. The van der Waals surface area contributed by atoms with E-state index in [1.807, 2.05) is 4.90 Å². The minimum absolute atomic E-state index is 0.0207. The molecule has 0 atom stereocenters. The molecule has 1 aromatic carbocycles. The summed E-state index contributed by atoms with van der Waals surface area (Å²) >= 11 is 1.46. The zero-order valence-corrected chi connectivity index (χ0v) is 24.6. The van der Waals surface area contributed by atoms with Crippen molar-refractivity contribution in [2.45, 2.75) is 50.5 Å². The maximum absolute atomic E-state index is 13.5. The molecule has 0 radical (unpaired) electrons. The fourth-order valence-electron chi connectivity index (χ4n) is 5.72. The number of fused-ring (bicyclic) bond motifs is 1. The van der Waals surface area contributed by atoms with Gasteiger partial charge >= 0.3 is 5.97 Å². The highest BCUT2D eigenvalue weighted by Crippen LogP contribution is 2.38. The molecule has 5 rings (SSSR count). The molecule has 40 heavy (non-hydrogen) atoms. The number of carbonyl (C=O) groups excluding carboxylic acids is 3. The number of esters is 1. The number of amides is 2. The molecule has 4 heterocycles. The van der Waals surface area contributed by atoms with E-state index in [0.717, 1.165) is 62.4 Å². The second-order valence-corrected chi connectivity index (χ2v) is 13.5. The van der Waals surface area contributed by atoms with Gasteiger partial charge in [0.1, 0.15) is 5.00 Å². The van der Waals surface area contributed by atoms with E-state index >= 15 is 0 Å². The summed E-state index contributed by atoms with van der Waals surface area (Å²) in [5.74, 6) is -1.01. The first-order valence-corrected chi connectivity index (χ1v) is 16.1. The Morgan fingerprint density at radius 1 is 1.02 bits per heavy atom. The smallest absolute Gasteiger partial charge is 0.308 e. The Morgan fingerprint density at radius 3 is 2.33 bits per heavy atom. The average molecular weight is 589 g/mol. The van der Waals surface area contributed by atoms with Crippen LogP contribution in [-0.4, -0.2) is 86.7 Å². The normalized spacial score (nSPS) is 18.9. The molecule has 12 heteroatoms. The molecular formula is C28H36N4O6S2. The molecule has 0 spiro atoms. The number of rotatable bonds is 7. The molecule has 3 aliphatic heterocycles. The van der Waals surface area contributed by atoms with E-state index in [9.17, 15) is 22.8 Å². The van der Waals surface area contributed by atoms with Crippen molar-refractivity contribution < 1.29 is 27.5 Å². The SMILES string of the molecule is CCN1CCc2c(sc(NC(=O)c3ccc(S(=O)(=O)N4CCC(C(=O)OC)CC4)cc3)c2C(=O)N2CCCC2)C1. The molecule has 216 valence electrons. The quantitative estimate of drug-likeness (QED) is 0.494. The lowest BCUT2D eigenvalue weighted by Gasteiger charge is -2.29. The summed E-state index contributed by atoms with van der Waals surface area (Å²) in [4.78, 5) is 44.0. The number of likely N-dealkylation sites (tertiary alicyclic amines) is 1. The van der Waals surface area contributed by atoms with Crippen LogP contribution in [0.1, 0.15) is 63.8 Å². The molecule has 0 unspecified atom stereocenters. The van der Waals surface area contributed by atoms with E-state index in [0.29, 0.717) is 29.0 Å². The first-order valence-electron chi connectivity index (χ1n) is 13.9. The van der Waals surface area contributed by atoms with Crippen LogP contribution in [0, 0.1) is 5.92 Å². The van der Waals surface area contributed by atoms with Gasteiger partial charge in [0.25, 0.3) is 11.8 Å². The van der Waals surface area contributed by atoms with Crippen molar-refractivity contribution in [3.63, 3.8) is 0 Å². The summed E-state index contributed by atoms with van der Waals surface area (Å²) in [7, 11) is -2.42. The predicted molar refractivity (Wildman–Crippen MR) is 152 cm³/mol. The molecule has 2 amide bonds. The van der Waals surface area contributed by atoms with Crippen LogP contribution < -0.4 is 5.32 Å². The molecule has 0 aliphatic carbocycles. The second-order valence-electron chi connectivity index (χ2n) is 10.5. The monoisotopic (exact) mass is 588 g/mol. The number of hydrogen-bond acceptors (Lipinski definition) is 8. The highest BCUT2D eigenvalue weighted by molar-refractivity contribution is 7.89. The number of benzene rings is 1. The summed E-state index contributed by atoms with van der Waals surface area (Å²) in [5.41, 5.74) is 1.96. The maximum Gasteiger partial charge on any atom is 0.308 e. The first-order chi connectivity index (χ1) is 19.2. The minimum Gasteiger partial charge on any atom is -0.469 e. The zero-order chi connectivity index (χ0) is 28.4. The fraction of sp³-hybridized carbons (Fsp3) is 0.536. The number of nitrogens with one attached hydrogen (secondary N) is 1. The Bertz CT molecular complexity index is 1370. The largest absolute Gasteiger partial charge is 0.469 e. The van der Waals surface area contributed by atoms with E-state index in [1.54, 1.807) is 0 Å². The molecule has 1 N–H and O–H groups in total. The number of piperidine rings is 1. The Balaban J connectivity index is 1.32. The van der Waals surface area contributed by atoms with Crippen LogP contribution in [0.3, 0.4) is 0 Å². The molecule has 10 nitrogen and oxygen atoms in total. The van der Waals surface area contributed by atoms with E-state index in [-0.39, 0.29) is 41.7 Å². The molecule has 2 aromatic rings. The van der Waals surface area contributed by atoms with Gasteiger partial charge < -0.3 is 15.0 Å². The van der Waals surface area contributed by atoms with Gasteiger partial charge in [0.05, 0.1) is 23.5 Å². The summed E-state index contributed by atoms with van der Waals surface area (Å²) in [6.07, 6.45) is 3.56. The van der Waals surface area contributed by atoms with Crippen molar-refractivity contribution in [3.05, 3.63) is 45.8 Å². The average Bonchev–Trinajstić information content (AvgIpc) is 3.64. The summed E-state index contributed by atoms with van der Waals surface area (Å²) in [6.45, 7) is 6.61. The van der Waals surface area contributed by atoms with E-state index in [1.165, 1.54) is 47.0 Å². The van der Waals surface area contributed by atoms with Gasteiger partial charge in [0.15, 0.2) is 0 Å². The van der Waals surface area contributed by atoms with Gasteiger partial charge in [0.2, 0.25) is 10.0 Å². The van der Waals surface area contributed by atoms with Crippen molar-refractivity contribution in [1.82, 2.24) is 14.1 Å². The van der Waals surface area contributed by atoms with Crippen LogP contribution in [0.5, 0.6) is 0 Å². The molecule has 1 aromatic heterocycles.